The zero-order valence-corrected chi connectivity index (χ0v) is 14.8. The van der Waals surface area contributed by atoms with Gasteiger partial charge in [0.1, 0.15) is 5.52 Å². The van der Waals surface area contributed by atoms with Gasteiger partial charge in [-0.05, 0) is 30.4 Å². The number of rotatable bonds is 3. The molecule has 0 bridgehead atoms. The van der Waals surface area contributed by atoms with Gasteiger partial charge in [0.05, 0.1) is 11.8 Å². The van der Waals surface area contributed by atoms with Gasteiger partial charge in [-0.15, -0.1) is 0 Å². The van der Waals surface area contributed by atoms with E-state index >= 15 is 0 Å². The molecule has 1 unspecified atom stereocenters. The van der Waals surface area contributed by atoms with E-state index in [1.165, 1.54) is 5.56 Å². The third-order valence-electron chi connectivity index (χ3n) is 4.94. The van der Waals surface area contributed by atoms with Gasteiger partial charge >= 0.3 is 0 Å². The molecule has 1 aliphatic heterocycles. The molecule has 3 aromatic rings. The fourth-order valence-electron chi connectivity index (χ4n) is 3.48. The highest BCUT2D eigenvalue weighted by Crippen LogP contribution is 2.27. The van der Waals surface area contributed by atoms with Crippen molar-refractivity contribution >= 4 is 11.3 Å². The summed E-state index contributed by atoms with van der Waals surface area (Å²) in [7, 11) is 0. The molecule has 0 saturated carbocycles. The molecule has 1 aromatic carbocycles. The predicted octanol–water partition coefficient (Wildman–Crippen LogP) is 3.48. The second kappa shape index (κ2) is 6.48. The molecule has 25 heavy (non-hydrogen) atoms. The monoisotopic (exact) mass is 336 g/mol. The number of nitrogens with zero attached hydrogens (tertiary/aromatic N) is 4. The number of hydrogen-bond acceptors (Lipinski definition) is 4. The Balaban J connectivity index is 1.71. The maximum atomic E-state index is 9.98. The van der Waals surface area contributed by atoms with Crippen LogP contribution in [0.3, 0.4) is 0 Å². The van der Waals surface area contributed by atoms with Crippen molar-refractivity contribution in [3.05, 3.63) is 48.3 Å². The Morgan fingerprint density at radius 3 is 2.72 bits per heavy atom. The van der Waals surface area contributed by atoms with Gasteiger partial charge < -0.3 is 10.0 Å². The van der Waals surface area contributed by atoms with E-state index in [9.17, 15) is 5.11 Å². The van der Waals surface area contributed by atoms with E-state index in [0.29, 0.717) is 12.5 Å². The summed E-state index contributed by atoms with van der Waals surface area (Å²) in [6.45, 7) is 5.96. The average Bonchev–Trinajstić information content (AvgIpc) is 3.06. The molecule has 3 heterocycles. The standard InChI is InChI=1S/C20H24N4O/c1-14(2)15-5-7-16(8-6-15)18-12-19-20(21-9-11-24(19)22-18)23-10-3-4-17(25)13-23/h5-9,11-12,14,17,25H,3-4,10,13H2,1-2H3. The van der Waals surface area contributed by atoms with Gasteiger partial charge in [-0.3, -0.25) is 0 Å². The van der Waals surface area contributed by atoms with Gasteiger partial charge in [0.2, 0.25) is 0 Å². The number of aromatic nitrogens is 3. The van der Waals surface area contributed by atoms with Crippen molar-refractivity contribution in [3.8, 4) is 11.3 Å². The minimum absolute atomic E-state index is 0.276. The summed E-state index contributed by atoms with van der Waals surface area (Å²) in [6.07, 6.45) is 5.24. The van der Waals surface area contributed by atoms with Gasteiger partial charge in [-0.25, -0.2) is 9.50 Å². The summed E-state index contributed by atoms with van der Waals surface area (Å²) in [5.41, 5.74) is 4.37. The van der Waals surface area contributed by atoms with Crippen LogP contribution in [0.15, 0.2) is 42.7 Å². The molecule has 2 aromatic heterocycles. The third-order valence-corrected chi connectivity index (χ3v) is 4.94. The van der Waals surface area contributed by atoms with Crippen molar-refractivity contribution in [1.29, 1.82) is 0 Å². The SMILES string of the molecule is CC(C)c1ccc(-c2cc3c(N4CCCC(O)C4)nccn3n2)cc1. The third kappa shape index (κ3) is 3.12. The highest BCUT2D eigenvalue weighted by atomic mass is 16.3. The Bertz CT molecular complexity index is 869. The average molecular weight is 336 g/mol. The molecule has 0 radical (unpaired) electrons. The largest absolute Gasteiger partial charge is 0.391 e. The van der Waals surface area contributed by atoms with Gasteiger partial charge in [0.25, 0.3) is 0 Å². The first kappa shape index (κ1) is 16.1. The smallest absolute Gasteiger partial charge is 0.154 e. The number of β-amino-alcohol motifs (C(OH)–C–C–N with tert-alkyl or cyclic N) is 1. The van der Waals surface area contributed by atoms with E-state index in [4.69, 9.17) is 5.10 Å². The number of aliphatic hydroxyl groups is 1. The van der Waals surface area contributed by atoms with Crippen LogP contribution in [0, 0.1) is 0 Å². The number of aliphatic hydroxyl groups excluding tert-OH is 1. The lowest BCUT2D eigenvalue weighted by molar-refractivity contribution is 0.154. The second-order valence-electron chi connectivity index (χ2n) is 7.13. The van der Waals surface area contributed by atoms with Crippen molar-refractivity contribution < 1.29 is 5.11 Å². The molecule has 1 saturated heterocycles. The summed E-state index contributed by atoms with van der Waals surface area (Å²) in [5, 5.41) is 14.7. The first-order valence-corrected chi connectivity index (χ1v) is 8.99. The fraction of sp³-hybridized carbons (Fsp3) is 0.400. The van der Waals surface area contributed by atoms with E-state index < -0.39 is 0 Å². The van der Waals surface area contributed by atoms with E-state index in [1.807, 2.05) is 10.7 Å². The second-order valence-corrected chi connectivity index (χ2v) is 7.13. The molecule has 0 aliphatic carbocycles. The highest BCUT2D eigenvalue weighted by Gasteiger charge is 2.21. The zero-order valence-electron chi connectivity index (χ0n) is 14.8. The summed E-state index contributed by atoms with van der Waals surface area (Å²) in [4.78, 5) is 6.73. The highest BCUT2D eigenvalue weighted by molar-refractivity contribution is 5.75. The number of anilines is 1. The van der Waals surface area contributed by atoms with Crippen molar-refractivity contribution in [2.24, 2.45) is 0 Å². The lowest BCUT2D eigenvalue weighted by Crippen LogP contribution is -2.38. The quantitative estimate of drug-likeness (QED) is 0.795. The van der Waals surface area contributed by atoms with Crippen LogP contribution in [-0.2, 0) is 0 Å². The van der Waals surface area contributed by atoms with Crippen molar-refractivity contribution in [2.45, 2.75) is 38.7 Å². The molecule has 0 spiro atoms. The van der Waals surface area contributed by atoms with Crippen molar-refractivity contribution in [3.63, 3.8) is 0 Å². The number of hydrogen-bond donors (Lipinski definition) is 1. The van der Waals surface area contributed by atoms with Crippen molar-refractivity contribution in [2.75, 3.05) is 18.0 Å². The summed E-state index contributed by atoms with van der Waals surface area (Å²) >= 11 is 0. The van der Waals surface area contributed by atoms with E-state index in [-0.39, 0.29) is 6.10 Å². The Kier molecular flexibility index (Phi) is 4.17. The van der Waals surface area contributed by atoms with Crippen LogP contribution < -0.4 is 4.90 Å². The summed E-state index contributed by atoms with van der Waals surface area (Å²) in [6, 6.07) is 10.7. The molecule has 5 nitrogen and oxygen atoms in total. The number of fused-ring (bicyclic) bond motifs is 1. The molecule has 1 fully saturated rings. The minimum atomic E-state index is -0.276. The molecular weight excluding hydrogens is 312 g/mol. The lowest BCUT2D eigenvalue weighted by Gasteiger charge is -2.31. The minimum Gasteiger partial charge on any atom is -0.391 e. The van der Waals surface area contributed by atoms with E-state index in [0.717, 1.165) is 42.0 Å². The first-order valence-electron chi connectivity index (χ1n) is 8.99. The molecule has 4 rings (SSSR count). The molecule has 0 amide bonds. The predicted molar refractivity (Wildman–Crippen MR) is 100.0 cm³/mol. The Morgan fingerprint density at radius 1 is 1.20 bits per heavy atom. The van der Waals surface area contributed by atoms with Gasteiger partial charge in [-0.1, -0.05) is 38.1 Å². The molecule has 1 N–H and O–H groups in total. The van der Waals surface area contributed by atoms with Crippen LogP contribution in [0.5, 0.6) is 0 Å². The molecule has 5 heteroatoms. The van der Waals surface area contributed by atoms with Crippen LogP contribution >= 0.6 is 0 Å². The normalized spacial score (nSPS) is 18.2. The van der Waals surface area contributed by atoms with Crippen LogP contribution in [-0.4, -0.2) is 38.9 Å². The molecule has 1 atom stereocenters. The molecular formula is C20H24N4O. The van der Waals surface area contributed by atoms with E-state index in [1.54, 1.807) is 6.20 Å². The van der Waals surface area contributed by atoms with Gasteiger partial charge in [-0.2, -0.15) is 5.10 Å². The van der Waals surface area contributed by atoms with Gasteiger partial charge in [0.15, 0.2) is 5.82 Å². The zero-order chi connectivity index (χ0) is 17.4. The number of piperidine rings is 1. The molecule has 1 aliphatic rings. The number of benzene rings is 1. The Morgan fingerprint density at radius 2 is 2.00 bits per heavy atom. The summed E-state index contributed by atoms with van der Waals surface area (Å²) < 4.78 is 1.88. The Hall–Kier alpha value is -2.40. The van der Waals surface area contributed by atoms with Crippen LogP contribution in [0.1, 0.15) is 38.2 Å². The fourth-order valence-corrected chi connectivity index (χ4v) is 3.48. The first-order chi connectivity index (χ1) is 12.1. The van der Waals surface area contributed by atoms with Crippen LogP contribution in [0.25, 0.3) is 16.8 Å². The lowest BCUT2D eigenvalue weighted by atomic mass is 10.0. The van der Waals surface area contributed by atoms with Crippen LogP contribution in [0.4, 0.5) is 5.82 Å². The molecule has 130 valence electrons. The topological polar surface area (TPSA) is 53.7 Å². The maximum Gasteiger partial charge on any atom is 0.154 e. The van der Waals surface area contributed by atoms with Crippen LogP contribution in [0.2, 0.25) is 0 Å². The Labute approximate surface area is 147 Å². The maximum absolute atomic E-state index is 9.98. The van der Waals surface area contributed by atoms with Gasteiger partial charge in [0, 0.05) is 31.0 Å². The summed E-state index contributed by atoms with van der Waals surface area (Å²) in [5.74, 6) is 1.43. The van der Waals surface area contributed by atoms with E-state index in [2.05, 4.69) is 54.1 Å². The van der Waals surface area contributed by atoms with Crippen molar-refractivity contribution in [1.82, 2.24) is 14.6 Å².